The number of rotatable bonds is 5. The highest BCUT2D eigenvalue weighted by Crippen LogP contribution is 2.30. The molecule has 1 unspecified atom stereocenters. The molecule has 1 fully saturated rings. The number of amides is 1. The standard InChI is InChI=1S/C23H23F3N4O2/c1-15-21(29-32-28-15)12-22(31)30-9-3-5-18(14-30)20-8-7-17(13-27-20)10-16-4-2-6-19(11-16)23(24,25)26/h2,4,6-8,11,13,18H,3,5,9-10,12,14H2,1H3. The second-order valence-corrected chi connectivity index (χ2v) is 8.12. The van der Waals surface area contributed by atoms with E-state index in [-0.39, 0.29) is 18.2 Å². The van der Waals surface area contributed by atoms with Crippen LogP contribution in [0.2, 0.25) is 0 Å². The third-order valence-electron chi connectivity index (χ3n) is 5.77. The Kier molecular flexibility index (Phi) is 6.25. The molecule has 1 saturated heterocycles. The van der Waals surface area contributed by atoms with E-state index in [1.807, 2.05) is 17.0 Å². The van der Waals surface area contributed by atoms with Crippen molar-refractivity contribution in [3.63, 3.8) is 0 Å². The van der Waals surface area contributed by atoms with Gasteiger partial charge in [0.1, 0.15) is 11.4 Å². The fraction of sp³-hybridized carbons (Fsp3) is 0.391. The van der Waals surface area contributed by atoms with Crippen molar-refractivity contribution in [3.05, 3.63) is 76.4 Å². The fourth-order valence-corrected chi connectivity index (χ4v) is 3.99. The summed E-state index contributed by atoms with van der Waals surface area (Å²) in [4.78, 5) is 19.0. The molecule has 0 aliphatic carbocycles. The van der Waals surface area contributed by atoms with Crippen molar-refractivity contribution in [1.82, 2.24) is 20.2 Å². The summed E-state index contributed by atoms with van der Waals surface area (Å²) in [6, 6.07) is 9.15. The monoisotopic (exact) mass is 444 g/mol. The van der Waals surface area contributed by atoms with Crippen LogP contribution in [0.4, 0.5) is 13.2 Å². The van der Waals surface area contributed by atoms with Gasteiger partial charge in [0.15, 0.2) is 0 Å². The van der Waals surface area contributed by atoms with Crippen LogP contribution in [0.15, 0.2) is 47.2 Å². The number of likely N-dealkylation sites (tertiary alicyclic amines) is 1. The van der Waals surface area contributed by atoms with Crippen LogP contribution in [0.3, 0.4) is 0 Å². The molecule has 0 bridgehead atoms. The summed E-state index contributed by atoms with van der Waals surface area (Å²) in [6.45, 7) is 3.01. The molecule has 1 aliphatic rings. The Hall–Kier alpha value is -3.23. The zero-order valence-corrected chi connectivity index (χ0v) is 17.6. The van der Waals surface area contributed by atoms with Crippen LogP contribution in [-0.4, -0.2) is 39.2 Å². The first-order chi connectivity index (χ1) is 15.3. The Morgan fingerprint density at radius 2 is 2.03 bits per heavy atom. The third kappa shape index (κ3) is 5.15. The lowest BCUT2D eigenvalue weighted by Gasteiger charge is -2.32. The van der Waals surface area contributed by atoms with E-state index < -0.39 is 11.7 Å². The van der Waals surface area contributed by atoms with Crippen LogP contribution >= 0.6 is 0 Å². The number of pyridine rings is 1. The minimum absolute atomic E-state index is 0.0188. The number of carbonyl (C=O) groups is 1. The van der Waals surface area contributed by atoms with Crippen molar-refractivity contribution in [1.29, 1.82) is 0 Å². The van der Waals surface area contributed by atoms with Crippen LogP contribution < -0.4 is 0 Å². The SMILES string of the molecule is Cc1nonc1CC(=O)N1CCCC(c2ccc(Cc3cccc(C(F)(F)F)c3)cn2)C1. The number of halogens is 3. The van der Waals surface area contributed by atoms with Crippen LogP contribution in [0.5, 0.6) is 0 Å². The molecule has 4 rings (SSSR count). The van der Waals surface area contributed by atoms with Gasteiger partial charge in [0.25, 0.3) is 0 Å². The Balaban J connectivity index is 1.39. The summed E-state index contributed by atoms with van der Waals surface area (Å²) < 4.78 is 43.4. The highest BCUT2D eigenvalue weighted by Gasteiger charge is 2.30. The molecule has 3 heterocycles. The first-order valence-corrected chi connectivity index (χ1v) is 10.5. The van der Waals surface area contributed by atoms with Crippen molar-refractivity contribution in [2.45, 2.75) is 44.7 Å². The topological polar surface area (TPSA) is 72.1 Å². The maximum absolute atomic E-state index is 12.9. The average molecular weight is 444 g/mol. The summed E-state index contributed by atoms with van der Waals surface area (Å²) in [7, 11) is 0. The smallest absolute Gasteiger partial charge is 0.342 e. The molecule has 3 aromatic rings. The molecule has 1 atom stereocenters. The molecule has 0 N–H and O–H groups in total. The van der Waals surface area contributed by atoms with E-state index in [4.69, 9.17) is 0 Å². The molecule has 0 saturated carbocycles. The van der Waals surface area contributed by atoms with Gasteiger partial charge in [-0.3, -0.25) is 9.78 Å². The molecule has 6 nitrogen and oxygen atoms in total. The quantitative estimate of drug-likeness (QED) is 0.586. The molecule has 32 heavy (non-hydrogen) atoms. The molecule has 0 radical (unpaired) electrons. The van der Waals surface area contributed by atoms with Gasteiger partial charge in [-0.1, -0.05) is 34.6 Å². The van der Waals surface area contributed by atoms with Crippen LogP contribution in [-0.2, 0) is 23.8 Å². The largest absolute Gasteiger partial charge is 0.416 e. The molecule has 1 aromatic carbocycles. The number of carbonyl (C=O) groups excluding carboxylic acids is 1. The number of benzene rings is 1. The fourth-order valence-electron chi connectivity index (χ4n) is 3.99. The molecule has 1 amide bonds. The van der Waals surface area contributed by atoms with Crippen molar-refractivity contribution < 1.29 is 22.6 Å². The number of hydrogen-bond donors (Lipinski definition) is 0. The highest BCUT2D eigenvalue weighted by atomic mass is 19.4. The Bertz CT molecular complexity index is 1080. The predicted octanol–water partition coefficient (Wildman–Crippen LogP) is 4.33. The number of aromatic nitrogens is 3. The van der Waals surface area contributed by atoms with Gasteiger partial charge in [0.05, 0.1) is 12.0 Å². The number of hydrogen-bond acceptors (Lipinski definition) is 5. The molecular formula is C23H23F3N4O2. The first-order valence-electron chi connectivity index (χ1n) is 10.5. The first kappa shape index (κ1) is 22.0. The lowest BCUT2D eigenvalue weighted by atomic mass is 9.93. The van der Waals surface area contributed by atoms with E-state index in [1.165, 1.54) is 12.1 Å². The van der Waals surface area contributed by atoms with Gasteiger partial charge in [-0.25, -0.2) is 4.63 Å². The highest BCUT2D eigenvalue weighted by molar-refractivity contribution is 5.78. The normalized spacial score (nSPS) is 16.9. The second-order valence-electron chi connectivity index (χ2n) is 8.12. The van der Waals surface area contributed by atoms with E-state index in [0.29, 0.717) is 36.5 Å². The van der Waals surface area contributed by atoms with Gasteiger partial charge < -0.3 is 4.90 Å². The zero-order valence-electron chi connectivity index (χ0n) is 17.6. The molecule has 1 aliphatic heterocycles. The summed E-state index contributed by atoms with van der Waals surface area (Å²) in [5, 5.41) is 7.49. The number of aryl methyl sites for hydroxylation is 1. The maximum atomic E-state index is 12.9. The van der Waals surface area contributed by atoms with E-state index in [0.717, 1.165) is 30.2 Å². The molecule has 2 aromatic heterocycles. The van der Waals surface area contributed by atoms with E-state index in [2.05, 4.69) is 19.9 Å². The van der Waals surface area contributed by atoms with Crippen molar-refractivity contribution >= 4 is 5.91 Å². The van der Waals surface area contributed by atoms with Gasteiger partial charge >= 0.3 is 6.18 Å². The van der Waals surface area contributed by atoms with Crippen molar-refractivity contribution in [2.24, 2.45) is 0 Å². The van der Waals surface area contributed by atoms with E-state index >= 15 is 0 Å². The van der Waals surface area contributed by atoms with Gasteiger partial charge in [-0.15, -0.1) is 0 Å². The summed E-state index contributed by atoms with van der Waals surface area (Å²) >= 11 is 0. The molecule has 0 spiro atoms. The predicted molar refractivity (Wildman–Crippen MR) is 110 cm³/mol. The lowest BCUT2D eigenvalue weighted by molar-refractivity contribution is -0.137. The maximum Gasteiger partial charge on any atom is 0.416 e. The van der Waals surface area contributed by atoms with Gasteiger partial charge in [0.2, 0.25) is 5.91 Å². The van der Waals surface area contributed by atoms with Gasteiger partial charge in [-0.05, 0) is 49.4 Å². The molecular weight excluding hydrogens is 421 g/mol. The Morgan fingerprint density at radius 1 is 1.19 bits per heavy atom. The Morgan fingerprint density at radius 3 is 2.72 bits per heavy atom. The zero-order chi connectivity index (χ0) is 22.7. The summed E-state index contributed by atoms with van der Waals surface area (Å²) in [6.07, 6.45) is -0.316. The van der Waals surface area contributed by atoms with Crippen LogP contribution in [0.25, 0.3) is 0 Å². The van der Waals surface area contributed by atoms with E-state index in [1.54, 1.807) is 19.2 Å². The van der Waals surface area contributed by atoms with Gasteiger partial charge in [0, 0.05) is 30.9 Å². The van der Waals surface area contributed by atoms with Gasteiger partial charge in [-0.2, -0.15) is 13.2 Å². The molecule has 9 heteroatoms. The minimum Gasteiger partial charge on any atom is -0.342 e. The Labute approximate surface area is 183 Å². The number of alkyl halides is 3. The second kappa shape index (κ2) is 9.10. The van der Waals surface area contributed by atoms with E-state index in [9.17, 15) is 18.0 Å². The summed E-state index contributed by atoms with van der Waals surface area (Å²) in [5.41, 5.74) is 2.82. The van der Waals surface area contributed by atoms with Crippen LogP contribution in [0, 0.1) is 6.92 Å². The lowest BCUT2D eigenvalue weighted by Crippen LogP contribution is -2.40. The summed E-state index contributed by atoms with van der Waals surface area (Å²) in [5.74, 6) is 0.0986. The van der Waals surface area contributed by atoms with Crippen LogP contribution in [0.1, 0.15) is 52.5 Å². The number of piperidine rings is 1. The molecule has 168 valence electrons. The average Bonchev–Trinajstić information content (AvgIpc) is 3.18. The number of nitrogens with zero attached hydrogens (tertiary/aromatic N) is 4. The van der Waals surface area contributed by atoms with Crippen molar-refractivity contribution in [3.8, 4) is 0 Å². The minimum atomic E-state index is -4.36. The van der Waals surface area contributed by atoms with Crippen molar-refractivity contribution in [2.75, 3.05) is 13.1 Å². The third-order valence-corrected chi connectivity index (χ3v) is 5.77.